The normalized spacial score (nSPS) is 11.5. The first-order chi connectivity index (χ1) is 8.56. The van der Waals surface area contributed by atoms with Crippen LogP contribution >= 0.6 is 0 Å². The standard InChI is InChI=1S/C13H26O4S.K/c1-2-3-4-5-6-7-8-9-10-11-12-13-17-18(14,15)16;/h12-13H,2-11H2,1H3,(H,14,15,16);/q;+1/p-1/b13-12+;. The summed E-state index contributed by atoms with van der Waals surface area (Å²) in [4.78, 5) is 0. The molecule has 108 valence electrons. The first-order valence-electron chi connectivity index (χ1n) is 6.85. The van der Waals surface area contributed by atoms with E-state index in [-0.39, 0.29) is 51.4 Å². The molecule has 6 heteroatoms. The van der Waals surface area contributed by atoms with E-state index in [2.05, 4.69) is 11.1 Å². The molecule has 0 bridgehead atoms. The summed E-state index contributed by atoms with van der Waals surface area (Å²) >= 11 is 0. The van der Waals surface area contributed by atoms with E-state index in [0.29, 0.717) is 0 Å². The second kappa shape index (κ2) is 15.5. The molecule has 0 atom stereocenters. The van der Waals surface area contributed by atoms with Gasteiger partial charge in [-0.2, -0.15) is 0 Å². The minimum absolute atomic E-state index is 0. The molecule has 19 heavy (non-hydrogen) atoms. The minimum atomic E-state index is -4.57. The van der Waals surface area contributed by atoms with Crippen LogP contribution in [0.25, 0.3) is 0 Å². The Morgan fingerprint density at radius 2 is 1.42 bits per heavy atom. The van der Waals surface area contributed by atoms with Gasteiger partial charge in [0.15, 0.2) is 0 Å². The molecule has 0 aliphatic carbocycles. The number of hydrogen-bond donors (Lipinski definition) is 0. The van der Waals surface area contributed by atoms with Gasteiger partial charge in [-0.15, -0.1) is 0 Å². The van der Waals surface area contributed by atoms with Crippen molar-refractivity contribution >= 4 is 10.4 Å². The maximum atomic E-state index is 10.1. The summed E-state index contributed by atoms with van der Waals surface area (Å²) in [5.41, 5.74) is 0. The van der Waals surface area contributed by atoms with E-state index in [9.17, 15) is 13.0 Å². The molecule has 0 aromatic rings. The third-order valence-corrected chi connectivity index (χ3v) is 3.09. The van der Waals surface area contributed by atoms with Crippen LogP contribution in [-0.2, 0) is 14.6 Å². The van der Waals surface area contributed by atoms with Gasteiger partial charge in [-0.25, -0.2) is 8.42 Å². The van der Waals surface area contributed by atoms with Crippen LogP contribution in [0.3, 0.4) is 0 Å². The SMILES string of the molecule is CCCCCCCCCCC/C=C/OS(=O)(=O)[O-].[K+]. The molecule has 0 heterocycles. The molecule has 0 saturated carbocycles. The Labute approximate surface area is 160 Å². The van der Waals surface area contributed by atoms with Gasteiger partial charge < -0.3 is 8.74 Å². The van der Waals surface area contributed by atoms with E-state index in [1.54, 1.807) is 6.08 Å². The summed E-state index contributed by atoms with van der Waals surface area (Å²) < 4.78 is 34.2. The molecule has 0 rings (SSSR count). The summed E-state index contributed by atoms with van der Waals surface area (Å²) in [5, 5.41) is 0. The van der Waals surface area contributed by atoms with Crippen LogP contribution in [0.15, 0.2) is 12.3 Å². The molecule has 0 aromatic carbocycles. The number of rotatable bonds is 12. The van der Waals surface area contributed by atoms with Crippen molar-refractivity contribution in [2.45, 2.75) is 71.1 Å². The quantitative estimate of drug-likeness (QED) is 0.176. The summed E-state index contributed by atoms with van der Waals surface area (Å²) in [5.74, 6) is 0. The molecule has 0 aliphatic heterocycles. The Kier molecular flexibility index (Phi) is 18.2. The van der Waals surface area contributed by atoms with Crippen LogP contribution in [0.1, 0.15) is 71.1 Å². The second-order valence-electron chi connectivity index (χ2n) is 4.49. The smallest absolute Gasteiger partial charge is 0.716 e. The van der Waals surface area contributed by atoms with Crippen molar-refractivity contribution in [3.63, 3.8) is 0 Å². The van der Waals surface area contributed by atoms with E-state index in [0.717, 1.165) is 25.5 Å². The molecule has 0 aliphatic rings. The van der Waals surface area contributed by atoms with E-state index in [4.69, 9.17) is 0 Å². The van der Waals surface area contributed by atoms with Crippen molar-refractivity contribution in [1.82, 2.24) is 0 Å². The van der Waals surface area contributed by atoms with Crippen molar-refractivity contribution in [3.05, 3.63) is 12.3 Å². The van der Waals surface area contributed by atoms with Gasteiger partial charge in [0.1, 0.15) is 6.26 Å². The van der Waals surface area contributed by atoms with Gasteiger partial charge in [-0.3, -0.25) is 0 Å². The third kappa shape index (κ3) is 21.5. The van der Waals surface area contributed by atoms with Crippen molar-refractivity contribution in [2.75, 3.05) is 0 Å². The Balaban J connectivity index is 0. The van der Waals surface area contributed by atoms with Crippen LogP contribution < -0.4 is 51.4 Å². The van der Waals surface area contributed by atoms with E-state index >= 15 is 0 Å². The van der Waals surface area contributed by atoms with Crippen LogP contribution in [0.4, 0.5) is 0 Å². The van der Waals surface area contributed by atoms with Gasteiger partial charge in [0, 0.05) is 0 Å². The zero-order chi connectivity index (χ0) is 13.7. The van der Waals surface area contributed by atoms with E-state index in [1.807, 2.05) is 0 Å². The maximum Gasteiger partial charge on any atom is 1.00 e. The zero-order valence-corrected chi connectivity index (χ0v) is 16.2. The molecule has 0 N–H and O–H groups in total. The first kappa shape index (κ1) is 22.4. The number of hydrogen-bond acceptors (Lipinski definition) is 4. The predicted octanol–water partition coefficient (Wildman–Crippen LogP) is 0.902. The second-order valence-corrected chi connectivity index (χ2v) is 5.50. The summed E-state index contributed by atoms with van der Waals surface area (Å²) in [7, 11) is -4.57. The largest absolute Gasteiger partial charge is 1.00 e. The molecule has 0 spiro atoms. The molecular formula is C13H25KO4S. The average molecular weight is 317 g/mol. The van der Waals surface area contributed by atoms with Gasteiger partial charge in [-0.1, -0.05) is 58.3 Å². The van der Waals surface area contributed by atoms with Gasteiger partial charge in [0.25, 0.3) is 10.4 Å². The zero-order valence-electron chi connectivity index (χ0n) is 12.3. The number of unbranched alkanes of at least 4 members (excludes halogenated alkanes) is 9. The van der Waals surface area contributed by atoms with Crippen molar-refractivity contribution in [2.24, 2.45) is 0 Å². The third-order valence-electron chi connectivity index (χ3n) is 2.74. The van der Waals surface area contributed by atoms with Crippen LogP contribution in [0, 0.1) is 0 Å². The first-order valence-corrected chi connectivity index (χ1v) is 8.18. The van der Waals surface area contributed by atoms with Gasteiger partial charge in [0.05, 0.1) is 0 Å². The molecule has 0 aromatic heterocycles. The fraction of sp³-hybridized carbons (Fsp3) is 0.846. The molecule has 4 nitrogen and oxygen atoms in total. The molecule has 0 saturated heterocycles. The van der Waals surface area contributed by atoms with Crippen molar-refractivity contribution in [1.29, 1.82) is 0 Å². The van der Waals surface area contributed by atoms with Crippen LogP contribution in [0.2, 0.25) is 0 Å². The monoisotopic (exact) mass is 316 g/mol. The summed E-state index contributed by atoms with van der Waals surface area (Å²) in [6.45, 7) is 2.22. The average Bonchev–Trinajstić information content (AvgIpc) is 2.29. The Morgan fingerprint density at radius 3 is 1.89 bits per heavy atom. The van der Waals surface area contributed by atoms with Gasteiger partial charge >= 0.3 is 51.4 Å². The molecular weight excluding hydrogens is 291 g/mol. The van der Waals surface area contributed by atoms with E-state index < -0.39 is 10.4 Å². The summed E-state index contributed by atoms with van der Waals surface area (Å²) in [6.07, 6.45) is 14.6. The van der Waals surface area contributed by atoms with Crippen molar-refractivity contribution in [3.8, 4) is 0 Å². The van der Waals surface area contributed by atoms with Crippen LogP contribution in [0.5, 0.6) is 0 Å². The molecule has 0 amide bonds. The molecule has 0 radical (unpaired) electrons. The van der Waals surface area contributed by atoms with Crippen LogP contribution in [-0.4, -0.2) is 13.0 Å². The molecule has 0 fully saturated rings. The maximum absolute atomic E-state index is 10.1. The Hall–Kier alpha value is 1.09. The molecule has 0 unspecified atom stereocenters. The Morgan fingerprint density at radius 1 is 0.947 bits per heavy atom. The van der Waals surface area contributed by atoms with Gasteiger partial charge in [0.2, 0.25) is 0 Å². The fourth-order valence-corrected chi connectivity index (χ4v) is 1.96. The topological polar surface area (TPSA) is 66.4 Å². The van der Waals surface area contributed by atoms with Crippen molar-refractivity contribution < 1.29 is 68.5 Å². The number of allylic oxidation sites excluding steroid dienone is 1. The van der Waals surface area contributed by atoms with E-state index in [1.165, 1.54) is 44.9 Å². The van der Waals surface area contributed by atoms with Gasteiger partial charge in [-0.05, 0) is 18.9 Å². The fourth-order valence-electron chi connectivity index (χ4n) is 1.75. The summed E-state index contributed by atoms with van der Waals surface area (Å²) in [6, 6.07) is 0. The Bertz CT molecular complexity index is 302. The minimum Gasteiger partial charge on any atom is -0.716 e. The predicted molar refractivity (Wildman–Crippen MR) is 71.8 cm³/mol.